The van der Waals surface area contributed by atoms with Gasteiger partial charge in [-0.3, -0.25) is 19.7 Å². The van der Waals surface area contributed by atoms with Gasteiger partial charge in [-0.05, 0) is 25.5 Å². The van der Waals surface area contributed by atoms with Gasteiger partial charge in [0.15, 0.2) is 0 Å². The zero-order valence-electron chi connectivity index (χ0n) is 11.9. The monoisotopic (exact) mass is 294 g/mol. The number of carbonyl (C=O) groups is 2. The third kappa shape index (κ3) is 4.16. The maximum Gasteiger partial charge on any atom is 0.305 e. The Morgan fingerprint density at radius 2 is 2.10 bits per heavy atom. The molecule has 1 aromatic carbocycles. The first-order valence-electron chi connectivity index (χ1n) is 6.50. The first-order chi connectivity index (χ1) is 9.88. The van der Waals surface area contributed by atoms with E-state index < -0.39 is 22.8 Å². The summed E-state index contributed by atoms with van der Waals surface area (Å²) in [5.41, 5.74) is 4.89. The SMILES string of the molecule is CCCNc1cccc(C(=O)NC(C)C(N)=O)c1[N+](=O)[O-]. The number of nitro benzene ring substituents is 1. The molecular weight excluding hydrogens is 276 g/mol. The molecule has 8 nitrogen and oxygen atoms in total. The molecule has 0 saturated heterocycles. The number of nitrogens with one attached hydrogen (secondary N) is 2. The van der Waals surface area contributed by atoms with Gasteiger partial charge in [0.25, 0.3) is 5.91 Å². The Kier molecular flexibility index (Phi) is 5.65. The normalized spacial score (nSPS) is 11.5. The first kappa shape index (κ1) is 16.4. The van der Waals surface area contributed by atoms with Gasteiger partial charge in [0.1, 0.15) is 17.3 Å². The summed E-state index contributed by atoms with van der Waals surface area (Å²) < 4.78 is 0. The van der Waals surface area contributed by atoms with Crippen molar-refractivity contribution in [1.82, 2.24) is 5.32 Å². The fourth-order valence-electron chi connectivity index (χ4n) is 1.67. The van der Waals surface area contributed by atoms with E-state index in [4.69, 9.17) is 5.73 Å². The molecule has 8 heteroatoms. The summed E-state index contributed by atoms with van der Waals surface area (Å²) in [4.78, 5) is 33.6. The van der Waals surface area contributed by atoms with Crippen molar-refractivity contribution < 1.29 is 14.5 Å². The van der Waals surface area contributed by atoms with E-state index in [0.717, 1.165) is 6.42 Å². The van der Waals surface area contributed by atoms with Gasteiger partial charge in [-0.1, -0.05) is 13.0 Å². The predicted octanol–water partition coefficient (Wildman–Crippen LogP) is 1.02. The maximum atomic E-state index is 12.1. The number of rotatable bonds is 7. The highest BCUT2D eigenvalue weighted by atomic mass is 16.6. The molecule has 0 aliphatic heterocycles. The molecule has 1 aromatic rings. The highest BCUT2D eigenvalue weighted by Crippen LogP contribution is 2.28. The van der Waals surface area contributed by atoms with E-state index in [2.05, 4.69) is 10.6 Å². The maximum absolute atomic E-state index is 12.1. The Morgan fingerprint density at radius 3 is 2.62 bits per heavy atom. The van der Waals surface area contributed by atoms with Crippen LogP contribution in [0.1, 0.15) is 30.6 Å². The van der Waals surface area contributed by atoms with E-state index in [9.17, 15) is 19.7 Å². The summed E-state index contributed by atoms with van der Waals surface area (Å²) >= 11 is 0. The van der Waals surface area contributed by atoms with Crippen molar-refractivity contribution in [2.75, 3.05) is 11.9 Å². The molecular formula is C13H18N4O4. The van der Waals surface area contributed by atoms with E-state index in [-0.39, 0.29) is 16.9 Å². The van der Waals surface area contributed by atoms with Crippen LogP contribution < -0.4 is 16.4 Å². The first-order valence-corrected chi connectivity index (χ1v) is 6.50. The molecule has 21 heavy (non-hydrogen) atoms. The lowest BCUT2D eigenvalue weighted by molar-refractivity contribution is -0.384. The molecule has 0 heterocycles. The summed E-state index contributed by atoms with van der Waals surface area (Å²) in [6.45, 7) is 3.87. The number of nitrogens with zero attached hydrogens (tertiary/aromatic N) is 1. The average molecular weight is 294 g/mol. The number of hydrogen-bond acceptors (Lipinski definition) is 5. The van der Waals surface area contributed by atoms with Crippen LogP contribution in [0.5, 0.6) is 0 Å². The summed E-state index contributed by atoms with van der Waals surface area (Å²) in [6.07, 6.45) is 0.784. The number of amides is 2. The second-order valence-corrected chi connectivity index (χ2v) is 4.48. The number of nitrogens with two attached hydrogens (primary N) is 1. The number of anilines is 1. The van der Waals surface area contributed by atoms with Gasteiger partial charge in [0.2, 0.25) is 5.91 Å². The van der Waals surface area contributed by atoms with E-state index >= 15 is 0 Å². The largest absolute Gasteiger partial charge is 0.379 e. The molecule has 2 amide bonds. The van der Waals surface area contributed by atoms with E-state index in [1.807, 2.05) is 6.92 Å². The summed E-state index contributed by atoms with van der Waals surface area (Å²) in [7, 11) is 0. The van der Waals surface area contributed by atoms with Crippen LogP contribution in [0.4, 0.5) is 11.4 Å². The second kappa shape index (κ2) is 7.22. The number of nitro groups is 1. The van der Waals surface area contributed by atoms with Crippen LogP contribution >= 0.6 is 0 Å². The molecule has 0 fully saturated rings. The Morgan fingerprint density at radius 1 is 1.43 bits per heavy atom. The lowest BCUT2D eigenvalue weighted by Crippen LogP contribution is -2.42. The molecule has 114 valence electrons. The van der Waals surface area contributed by atoms with Crippen LogP contribution in [-0.4, -0.2) is 29.3 Å². The standard InChI is InChI=1S/C13H18N4O4/c1-3-7-15-10-6-4-5-9(11(10)17(20)21)13(19)16-8(2)12(14)18/h4-6,8,15H,3,7H2,1-2H3,(H2,14,18)(H,16,19). The Hall–Kier alpha value is -2.64. The summed E-state index contributed by atoms with van der Waals surface area (Å²) in [6, 6.07) is 3.49. The van der Waals surface area contributed by atoms with Crippen molar-refractivity contribution in [3.63, 3.8) is 0 Å². The lowest BCUT2D eigenvalue weighted by atomic mass is 10.1. The molecule has 1 rings (SSSR count). The van der Waals surface area contributed by atoms with E-state index in [0.29, 0.717) is 6.54 Å². The predicted molar refractivity (Wildman–Crippen MR) is 78.0 cm³/mol. The third-order valence-electron chi connectivity index (χ3n) is 2.80. The number of benzene rings is 1. The van der Waals surface area contributed by atoms with Gasteiger partial charge in [-0.15, -0.1) is 0 Å². The third-order valence-corrected chi connectivity index (χ3v) is 2.80. The fraction of sp³-hybridized carbons (Fsp3) is 0.385. The summed E-state index contributed by atoms with van der Waals surface area (Å²) in [5, 5.41) is 16.5. The highest BCUT2D eigenvalue weighted by Gasteiger charge is 2.25. The van der Waals surface area contributed by atoms with Gasteiger partial charge >= 0.3 is 5.69 Å². The van der Waals surface area contributed by atoms with Crippen LogP contribution in [0.25, 0.3) is 0 Å². The number of primary amides is 1. The smallest absolute Gasteiger partial charge is 0.305 e. The van der Waals surface area contributed by atoms with Crippen LogP contribution in [0.3, 0.4) is 0 Å². The van der Waals surface area contributed by atoms with Crippen LogP contribution in [0.2, 0.25) is 0 Å². The van der Waals surface area contributed by atoms with Crippen molar-refractivity contribution in [2.24, 2.45) is 5.73 Å². The van der Waals surface area contributed by atoms with Crippen LogP contribution in [-0.2, 0) is 4.79 Å². The Labute approximate surface area is 121 Å². The molecule has 1 unspecified atom stereocenters. The molecule has 4 N–H and O–H groups in total. The van der Waals surface area contributed by atoms with Crippen molar-refractivity contribution in [3.8, 4) is 0 Å². The van der Waals surface area contributed by atoms with Gasteiger partial charge in [-0.2, -0.15) is 0 Å². The number of hydrogen-bond donors (Lipinski definition) is 3. The van der Waals surface area contributed by atoms with Gasteiger partial charge in [-0.25, -0.2) is 0 Å². The Bertz CT molecular complexity index is 559. The molecule has 0 aromatic heterocycles. The van der Waals surface area contributed by atoms with Crippen molar-refractivity contribution in [1.29, 1.82) is 0 Å². The van der Waals surface area contributed by atoms with Gasteiger partial charge < -0.3 is 16.4 Å². The number of carbonyl (C=O) groups excluding carboxylic acids is 2. The van der Waals surface area contributed by atoms with Crippen LogP contribution in [0.15, 0.2) is 18.2 Å². The van der Waals surface area contributed by atoms with Crippen molar-refractivity contribution >= 4 is 23.2 Å². The minimum atomic E-state index is -0.913. The lowest BCUT2D eigenvalue weighted by Gasteiger charge is -2.12. The molecule has 0 aliphatic rings. The topological polar surface area (TPSA) is 127 Å². The van der Waals surface area contributed by atoms with Gasteiger partial charge in [0.05, 0.1) is 4.92 Å². The van der Waals surface area contributed by atoms with Gasteiger partial charge in [0, 0.05) is 6.54 Å². The molecule has 0 spiro atoms. The number of para-hydroxylation sites is 1. The Balaban J connectivity index is 3.13. The molecule has 1 atom stereocenters. The molecule has 0 saturated carbocycles. The highest BCUT2D eigenvalue weighted by molar-refractivity contribution is 6.02. The van der Waals surface area contributed by atoms with Crippen molar-refractivity contribution in [3.05, 3.63) is 33.9 Å². The minimum Gasteiger partial charge on any atom is -0.379 e. The average Bonchev–Trinajstić information content (AvgIpc) is 2.43. The molecule has 0 aliphatic carbocycles. The van der Waals surface area contributed by atoms with Crippen molar-refractivity contribution in [2.45, 2.75) is 26.3 Å². The molecule has 0 radical (unpaired) electrons. The zero-order valence-corrected chi connectivity index (χ0v) is 11.9. The minimum absolute atomic E-state index is 0.116. The second-order valence-electron chi connectivity index (χ2n) is 4.48. The zero-order chi connectivity index (χ0) is 16.0. The van der Waals surface area contributed by atoms with E-state index in [1.54, 1.807) is 0 Å². The van der Waals surface area contributed by atoms with Crippen LogP contribution in [0, 0.1) is 10.1 Å². The quantitative estimate of drug-likeness (QED) is 0.511. The molecule has 0 bridgehead atoms. The summed E-state index contributed by atoms with van der Waals surface area (Å²) in [5.74, 6) is -1.43. The fourth-order valence-corrected chi connectivity index (χ4v) is 1.67. The van der Waals surface area contributed by atoms with E-state index in [1.165, 1.54) is 25.1 Å².